The van der Waals surface area contributed by atoms with E-state index < -0.39 is 38.0 Å². The number of methoxy groups -OCH3 is 1. The van der Waals surface area contributed by atoms with E-state index in [1.54, 1.807) is 18.6 Å². The fraction of sp³-hybridized carbons (Fsp3) is 0.0714. The first kappa shape index (κ1) is 25.3. The number of aromatic nitrogens is 3. The normalized spacial score (nSPS) is 14.1. The van der Waals surface area contributed by atoms with E-state index in [2.05, 4.69) is 25.0 Å². The summed E-state index contributed by atoms with van der Waals surface area (Å²) in [6, 6.07) is 11.7. The Labute approximate surface area is 226 Å². The Hall–Kier alpha value is -4.97. The van der Waals surface area contributed by atoms with Crippen molar-refractivity contribution in [1.29, 1.82) is 0 Å². The Kier molecular flexibility index (Phi) is 6.11. The summed E-state index contributed by atoms with van der Waals surface area (Å²) in [4.78, 5) is 24.9. The third kappa shape index (κ3) is 4.47. The summed E-state index contributed by atoms with van der Waals surface area (Å²) >= 11 is 0. The zero-order chi connectivity index (χ0) is 28.0. The minimum atomic E-state index is -4.65. The number of nitrogens with zero attached hydrogens (tertiary/aromatic N) is 3. The number of hydrogen-bond acceptors (Lipinski definition) is 7. The first-order valence-corrected chi connectivity index (χ1v) is 13.4. The highest BCUT2D eigenvalue weighted by molar-refractivity contribution is 7.92. The van der Waals surface area contributed by atoms with Crippen molar-refractivity contribution >= 4 is 32.5 Å². The molecule has 0 atom stereocenters. The zero-order valence-electron chi connectivity index (χ0n) is 20.8. The zero-order valence-corrected chi connectivity index (χ0v) is 21.6. The average molecular weight is 560 g/mol. The van der Waals surface area contributed by atoms with Crippen LogP contribution in [0, 0.1) is 11.6 Å². The van der Waals surface area contributed by atoms with Gasteiger partial charge >= 0.3 is 0 Å². The van der Waals surface area contributed by atoms with Crippen LogP contribution in [0.4, 0.5) is 14.5 Å². The van der Waals surface area contributed by atoms with E-state index in [0.717, 1.165) is 16.5 Å². The minimum Gasteiger partial charge on any atom is -0.480 e. The van der Waals surface area contributed by atoms with Crippen LogP contribution in [-0.4, -0.2) is 36.4 Å². The SMILES string of the molecule is COc1ncc2cc1NS(=O)(=O)c1cc(c(F)cc1F)C(=O)NCc1cncc(c1)-c1ccnc3ccc-2cc13. The third-order valence-electron chi connectivity index (χ3n) is 6.48. The Bertz CT molecular complexity index is 1950. The van der Waals surface area contributed by atoms with Gasteiger partial charge in [-0.25, -0.2) is 22.2 Å². The van der Waals surface area contributed by atoms with Crippen LogP contribution in [-0.2, 0) is 16.6 Å². The second kappa shape index (κ2) is 9.65. The van der Waals surface area contributed by atoms with Crippen molar-refractivity contribution in [2.75, 3.05) is 11.8 Å². The number of pyridine rings is 3. The van der Waals surface area contributed by atoms with Crippen LogP contribution in [0.3, 0.4) is 0 Å². The lowest BCUT2D eigenvalue weighted by atomic mass is 9.98. The van der Waals surface area contributed by atoms with E-state index in [4.69, 9.17) is 4.74 Å². The highest BCUT2D eigenvalue weighted by Crippen LogP contribution is 2.35. The summed E-state index contributed by atoms with van der Waals surface area (Å²) in [5.74, 6) is -3.59. The Morgan fingerprint density at radius 3 is 2.55 bits per heavy atom. The molecule has 9 nitrogen and oxygen atoms in total. The third-order valence-corrected chi connectivity index (χ3v) is 7.86. The number of hydrogen-bond donors (Lipinski definition) is 2. The summed E-state index contributed by atoms with van der Waals surface area (Å²) in [6.07, 6.45) is 6.41. The van der Waals surface area contributed by atoms with Crippen LogP contribution >= 0.6 is 0 Å². The van der Waals surface area contributed by atoms with Gasteiger partial charge in [0.25, 0.3) is 15.9 Å². The number of carbonyl (C=O) groups is 1. The quantitative estimate of drug-likeness (QED) is 0.305. The van der Waals surface area contributed by atoms with Crippen LogP contribution in [0.5, 0.6) is 5.88 Å². The fourth-order valence-corrected chi connectivity index (χ4v) is 5.68. The number of anilines is 1. The molecule has 200 valence electrons. The average Bonchev–Trinajstić information content (AvgIpc) is 2.94. The van der Waals surface area contributed by atoms with Crippen LogP contribution in [0.1, 0.15) is 15.9 Å². The van der Waals surface area contributed by atoms with Crippen molar-refractivity contribution in [3.63, 3.8) is 0 Å². The molecule has 12 heteroatoms. The molecule has 0 saturated carbocycles. The number of nitrogens with one attached hydrogen (secondary N) is 2. The summed E-state index contributed by atoms with van der Waals surface area (Å²) in [7, 11) is -3.35. The maximum atomic E-state index is 14.8. The van der Waals surface area contributed by atoms with Crippen molar-refractivity contribution < 1.29 is 26.7 Å². The number of sulfonamides is 1. The van der Waals surface area contributed by atoms with Gasteiger partial charge in [-0.05, 0) is 53.1 Å². The predicted molar refractivity (Wildman–Crippen MR) is 143 cm³/mol. The molecule has 5 aromatic rings. The lowest BCUT2D eigenvalue weighted by molar-refractivity contribution is 0.0946. The minimum absolute atomic E-state index is 0.0431. The van der Waals surface area contributed by atoms with Gasteiger partial charge in [-0.3, -0.25) is 19.5 Å². The molecule has 1 amide bonds. The molecule has 0 saturated heterocycles. The molecule has 0 radical (unpaired) electrons. The predicted octanol–water partition coefficient (Wildman–Crippen LogP) is 4.69. The second-order valence-electron chi connectivity index (χ2n) is 9.00. The second-order valence-corrected chi connectivity index (χ2v) is 10.7. The van der Waals surface area contributed by atoms with E-state index in [-0.39, 0.29) is 18.1 Å². The molecular formula is C28H19F2N5O4S. The Balaban J connectivity index is 1.61. The Morgan fingerprint density at radius 1 is 0.875 bits per heavy atom. The highest BCUT2D eigenvalue weighted by Gasteiger charge is 2.26. The molecule has 40 heavy (non-hydrogen) atoms. The van der Waals surface area contributed by atoms with Gasteiger partial charge in [0, 0.05) is 53.9 Å². The maximum Gasteiger partial charge on any atom is 0.265 e. The highest BCUT2D eigenvalue weighted by atomic mass is 32.2. The molecule has 0 unspecified atom stereocenters. The number of halogens is 2. The fourth-order valence-electron chi connectivity index (χ4n) is 4.54. The van der Waals surface area contributed by atoms with Gasteiger partial charge in [0.1, 0.15) is 22.2 Å². The van der Waals surface area contributed by atoms with Crippen molar-refractivity contribution in [2.45, 2.75) is 11.4 Å². The van der Waals surface area contributed by atoms with Crippen molar-refractivity contribution in [3.05, 3.63) is 96.1 Å². The van der Waals surface area contributed by atoms with Gasteiger partial charge in [-0.2, -0.15) is 0 Å². The van der Waals surface area contributed by atoms with Gasteiger partial charge < -0.3 is 10.1 Å². The summed E-state index contributed by atoms with van der Waals surface area (Å²) in [5.41, 5.74) is 3.40. The van der Waals surface area contributed by atoms with Gasteiger partial charge in [0.15, 0.2) is 0 Å². The molecule has 0 spiro atoms. The summed E-state index contributed by atoms with van der Waals surface area (Å²) < 4.78 is 63.5. The smallest absolute Gasteiger partial charge is 0.265 e. The van der Waals surface area contributed by atoms with E-state index in [1.807, 2.05) is 30.3 Å². The van der Waals surface area contributed by atoms with Crippen molar-refractivity contribution in [1.82, 2.24) is 20.3 Å². The van der Waals surface area contributed by atoms with Crippen LogP contribution in [0.25, 0.3) is 33.2 Å². The van der Waals surface area contributed by atoms with E-state index in [9.17, 15) is 22.0 Å². The topological polar surface area (TPSA) is 123 Å². The molecule has 0 aliphatic carbocycles. The van der Waals surface area contributed by atoms with E-state index in [0.29, 0.717) is 34.3 Å². The van der Waals surface area contributed by atoms with E-state index in [1.165, 1.54) is 19.4 Å². The number of amides is 1. The largest absolute Gasteiger partial charge is 0.480 e. The van der Waals surface area contributed by atoms with Gasteiger partial charge in [-0.1, -0.05) is 6.07 Å². The molecule has 0 fully saturated rings. The molecule has 4 heterocycles. The number of carbonyl (C=O) groups excluding carboxylic acids is 1. The number of ether oxygens (including phenoxy) is 1. The number of rotatable bonds is 1. The standard InChI is InChI=1S/C28H19F2N5O4S/c1-39-28-25-8-17(14-34-28)16-2-3-24-20(7-16)19(4-5-32-24)18-6-15(11-31-13-18)12-33-27(36)21-9-26(40(37,38)35-25)23(30)10-22(21)29/h2-11,13-14,35H,12H2,1H3,(H,33,36). The summed E-state index contributed by atoms with van der Waals surface area (Å²) in [6.45, 7) is -0.0431. The lowest BCUT2D eigenvalue weighted by Gasteiger charge is -2.15. The lowest BCUT2D eigenvalue weighted by Crippen LogP contribution is -2.25. The molecule has 2 aromatic carbocycles. The summed E-state index contributed by atoms with van der Waals surface area (Å²) in [5, 5.41) is 3.34. The number of benzene rings is 2. The van der Waals surface area contributed by atoms with Gasteiger partial charge in [-0.15, -0.1) is 0 Å². The monoisotopic (exact) mass is 559 g/mol. The first-order chi connectivity index (χ1) is 19.2. The van der Waals surface area contributed by atoms with E-state index >= 15 is 0 Å². The Morgan fingerprint density at radius 2 is 1.73 bits per heavy atom. The maximum absolute atomic E-state index is 14.8. The van der Waals surface area contributed by atoms with Crippen LogP contribution in [0.2, 0.25) is 0 Å². The van der Waals surface area contributed by atoms with Crippen LogP contribution in [0.15, 0.2) is 78.2 Å². The molecule has 3 aromatic heterocycles. The van der Waals surface area contributed by atoms with Gasteiger partial charge in [0.05, 0.1) is 18.2 Å². The molecule has 1 aliphatic rings. The van der Waals surface area contributed by atoms with Crippen molar-refractivity contribution in [2.24, 2.45) is 0 Å². The molecular weight excluding hydrogens is 540 g/mol. The molecule has 8 bridgehead atoms. The van der Waals surface area contributed by atoms with Crippen LogP contribution < -0.4 is 14.8 Å². The molecule has 6 rings (SSSR count). The van der Waals surface area contributed by atoms with Gasteiger partial charge in [0.2, 0.25) is 5.88 Å². The number of fused-ring (bicyclic) bond motifs is 9. The first-order valence-electron chi connectivity index (χ1n) is 11.9. The molecule has 2 N–H and O–H groups in total. The van der Waals surface area contributed by atoms with Crippen molar-refractivity contribution in [3.8, 4) is 28.1 Å². The molecule has 1 aliphatic heterocycles.